The number of aromatic nitrogens is 2. The van der Waals surface area contributed by atoms with Crippen molar-refractivity contribution in [1.82, 2.24) is 9.66 Å². The quantitative estimate of drug-likeness (QED) is 0.833. The Morgan fingerprint density at radius 2 is 1.95 bits per heavy atom. The smallest absolute Gasteiger partial charge is 0.283 e. The highest BCUT2D eigenvalue weighted by Crippen LogP contribution is 2.19. The van der Waals surface area contributed by atoms with Crippen LogP contribution in [0, 0.1) is 12.7 Å². The molecule has 0 aliphatic carbocycles. The molecule has 4 nitrogen and oxygen atoms in total. The molecule has 2 rings (SSSR count). The predicted molar refractivity (Wildman–Crippen MR) is 74.9 cm³/mol. The number of aryl methyl sites for hydroxylation is 1. The van der Waals surface area contributed by atoms with Crippen LogP contribution in [0.3, 0.4) is 0 Å². The molecule has 0 aliphatic rings. The lowest BCUT2D eigenvalue weighted by Gasteiger charge is -2.22. The molecular formula is C14H18FN3O. The second-order valence-electron chi connectivity index (χ2n) is 5.18. The molecular weight excluding hydrogens is 245 g/mol. The highest BCUT2D eigenvalue weighted by Gasteiger charge is 2.18. The van der Waals surface area contributed by atoms with Gasteiger partial charge >= 0.3 is 0 Å². The Kier molecular flexibility index (Phi) is 3.30. The third-order valence-electron chi connectivity index (χ3n) is 3.09. The number of nitrogens with zero attached hydrogens (tertiary/aromatic N) is 3. The zero-order valence-corrected chi connectivity index (χ0v) is 11.9. The van der Waals surface area contributed by atoms with Gasteiger partial charge in [-0.1, -0.05) is 19.9 Å². The fourth-order valence-corrected chi connectivity index (χ4v) is 2.15. The van der Waals surface area contributed by atoms with Gasteiger partial charge in [-0.05, 0) is 18.6 Å². The molecule has 0 bridgehead atoms. The Morgan fingerprint density at radius 1 is 1.32 bits per heavy atom. The Bertz CT molecular complexity index is 689. The van der Waals surface area contributed by atoms with E-state index < -0.39 is 5.82 Å². The average molecular weight is 263 g/mol. The van der Waals surface area contributed by atoms with Gasteiger partial charge in [-0.3, -0.25) is 4.79 Å². The first-order chi connectivity index (χ1) is 8.84. The van der Waals surface area contributed by atoms with E-state index in [4.69, 9.17) is 0 Å². The van der Waals surface area contributed by atoms with Gasteiger partial charge in [0.05, 0.1) is 5.52 Å². The molecule has 0 N–H and O–H groups in total. The molecule has 1 aromatic carbocycles. The van der Waals surface area contributed by atoms with E-state index in [2.05, 4.69) is 4.98 Å². The second kappa shape index (κ2) is 4.64. The van der Waals surface area contributed by atoms with Crippen molar-refractivity contribution in [2.45, 2.75) is 26.7 Å². The van der Waals surface area contributed by atoms with Gasteiger partial charge in [0.15, 0.2) is 0 Å². The molecule has 0 spiro atoms. The fraction of sp³-hybridized carbons (Fsp3) is 0.429. The van der Waals surface area contributed by atoms with Gasteiger partial charge in [0.25, 0.3) is 5.56 Å². The lowest BCUT2D eigenvalue weighted by atomic mass is 10.1. The molecule has 1 aromatic heterocycles. The number of rotatable bonds is 2. The van der Waals surface area contributed by atoms with Gasteiger partial charge < -0.3 is 5.01 Å². The van der Waals surface area contributed by atoms with E-state index in [9.17, 15) is 9.18 Å². The Hall–Kier alpha value is -1.91. The maximum absolute atomic E-state index is 13.9. The predicted octanol–water partition coefficient (Wildman–Crippen LogP) is 2.17. The van der Waals surface area contributed by atoms with Crippen molar-refractivity contribution in [2.24, 2.45) is 0 Å². The molecule has 2 aromatic rings. The second-order valence-corrected chi connectivity index (χ2v) is 5.18. The van der Waals surface area contributed by atoms with Crippen LogP contribution < -0.4 is 10.6 Å². The Labute approximate surface area is 111 Å². The maximum atomic E-state index is 13.9. The minimum Gasteiger partial charge on any atom is -0.315 e. The van der Waals surface area contributed by atoms with Gasteiger partial charge in [-0.25, -0.2) is 14.1 Å². The van der Waals surface area contributed by atoms with Crippen LogP contribution in [0.15, 0.2) is 16.9 Å². The molecule has 0 amide bonds. The number of fused-ring (bicyclic) bond motifs is 1. The van der Waals surface area contributed by atoms with E-state index in [-0.39, 0.29) is 16.9 Å². The van der Waals surface area contributed by atoms with Crippen molar-refractivity contribution < 1.29 is 4.39 Å². The molecule has 0 unspecified atom stereocenters. The third kappa shape index (κ3) is 2.09. The fourth-order valence-electron chi connectivity index (χ4n) is 2.15. The normalized spacial score (nSPS) is 11.3. The first kappa shape index (κ1) is 13.5. The van der Waals surface area contributed by atoms with Crippen LogP contribution in [-0.4, -0.2) is 23.8 Å². The number of hydrogen-bond donors (Lipinski definition) is 0. The zero-order chi connectivity index (χ0) is 14.3. The van der Waals surface area contributed by atoms with Crippen LogP contribution >= 0.6 is 0 Å². The highest BCUT2D eigenvalue weighted by atomic mass is 19.1. The third-order valence-corrected chi connectivity index (χ3v) is 3.09. The maximum Gasteiger partial charge on any atom is 0.283 e. The first-order valence-corrected chi connectivity index (χ1v) is 6.24. The summed E-state index contributed by atoms with van der Waals surface area (Å²) in [5.41, 5.74) is 0.896. The van der Waals surface area contributed by atoms with E-state index in [1.807, 2.05) is 20.8 Å². The monoisotopic (exact) mass is 263 g/mol. The highest BCUT2D eigenvalue weighted by molar-refractivity contribution is 5.81. The summed E-state index contributed by atoms with van der Waals surface area (Å²) in [6.07, 6.45) is 0. The van der Waals surface area contributed by atoms with Crippen LogP contribution in [-0.2, 0) is 0 Å². The molecule has 0 aliphatic heterocycles. The number of hydrogen-bond acceptors (Lipinski definition) is 3. The summed E-state index contributed by atoms with van der Waals surface area (Å²) < 4.78 is 15.4. The molecule has 0 atom stereocenters. The van der Waals surface area contributed by atoms with Crippen molar-refractivity contribution in [3.63, 3.8) is 0 Å². The van der Waals surface area contributed by atoms with Crippen molar-refractivity contribution in [3.05, 3.63) is 39.7 Å². The number of benzene rings is 1. The van der Waals surface area contributed by atoms with Crippen LogP contribution in [0.2, 0.25) is 0 Å². The van der Waals surface area contributed by atoms with Crippen molar-refractivity contribution in [1.29, 1.82) is 0 Å². The molecule has 1 heterocycles. The van der Waals surface area contributed by atoms with E-state index >= 15 is 0 Å². The van der Waals surface area contributed by atoms with Gasteiger partial charge in [0.1, 0.15) is 17.0 Å². The average Bonchev–Trinajstić information content (AvgIpc) is 2.32. The van der Waals surface area contributed by atoms with Crippen LogP contribution in [0.25, 0.3) is 10.9 Å². The molecule has 0 saturated heterocycles. The van der Waals surface area contributed by atoms with E-state index in [0.717, 1.165) is 5.56 Å². The SMILES string of the molecule is Cc1ccc(F)c2c(=O)n(N(C)C)c(C(C)C)nc12. The van der Waals surface area contributed by atoms with Gasteiger partial charge in [-0.15, -0.1) is 0 Å². The van der Waals surface area contributed by atoms with Crippen LogP contribution in [0.1, 0.15) is 31.2 Å². The lowest BCUT2D eigenvalue weighted by Crippen LogP contribution is -2.40. The van der Waals surface area contributed by atoms with Crippen molar-refractivity contribution in [3.8, 4) is 0 Å². The minimum absolute atomic E-state index is 0.0538. The summed E-state index contributed by atoms with van der Waals surface area (Å²) in [6.45, 7) is 5.75. The molecule has 5 heteroatoms. The Balaban J connectivity index is 3.02. The van der Waals surface area contributed by atoms with Crippen molar-refractivity contribution >= 4 is 10.9 Å². The number of halogens is 1. The summed E-state index contributed by atoms with van der Waals surface area (Å²) >= 11 is 0. The van der Waals surface area contributed by atoms with Gasteiger partial charge in [-0.2, -0.15) is 0 Å². The molecule has 0 radical (unpaired) electrons. The van der Waals surface area contributed by atoms with Gasteiger partial charge in [0.2, 0.25) is 0 Å². The minimum atomic E-state index is -0.524. The summed E-state index contributed by atoms with van der Waals surface area (Å²) in [5, 5.41) is 1.68. The molecule has 0 fully saturated rings. The summed E-state index contributed by atoms with van der Waals surface area (Å²) in [5.74, 6) is 0.183. The topological polar surface area (TPSA) is 38.1 Å². The summed E-state index contributed by atoms with van der Waals surface area (Å²) in [4.78, 5) is 17.0. The van der Waals surface area contributed by atoms with Crippen molar-refractivity contribution in [2.75, 3.05) is 19.1 Å². The standard InChI is InChI=1S/C14H18FN3O/c1-8(2)13-16-12-9(3)6-7-10(15)11(12)14(19)18(13)17(4)5/h6-8H,1-5H3. The zero-order valence-electron chi connectivity index (χ0n) is 11.9. The van der Waals surface area contributed by atoms with Crippen LogP contribution in [0.5, 0.6) is 0 Å². The van der Waals surface area contributed by atoms with E-state index in [1.165, 1.54) is 10.7 Å². The molecule has 19 heavy (non-hydrogen) atoms. The first-order valence-electron chi connectivity index (χ1n) is 6.24. The lowest BCUT2D eigenvalue weighted by molar-refractivity contribution is 0.595. The van der Waals surface area contributed by atoms with E-state index in [1.54, 1.807) is 25.2 Å². The Morgan fingerprint density at radius 3 is 2.47 bits per heavy atom. The van der Waals surface area contributed by atoms with Gasteiger partial charge in [0, 0.05) is 20.0 Å². The molecule has 0 saturated carbocycles. The largest absolute Gasteiger partial charge is 0.315 e. The summed E-state index contributed by atoms with van der Waals surface area (Å²) in [7, 11) is 3.49. The molecule has 102 valence electrons. The summed E-state index contributed by atoms with van der Waals surface area (Å²) in [6, 6.07) is 2.96. The van der Waals surface area contributed by atoms with E-state index in [0.29, 0.717) is 11.3 Å². The van der Waals surface area contributed by atoms with Crippen LogP contribution in [0.4, 0.5) is 4.39 Å².